The summed E-state index contributed by atoms with van der Waals surface area (Å²) in [6.45, 7) is 5.84. The molecule has 1 heterocycles. The predicted octanol–water partition coefficient (Wildman–Crippen LogP) is 0.923. The Morgan fingerprint density at radius 2 is 2.57 bits per heavy atom. The van der Waals surface area contributed by atoms with Gasteiger partial charge in [-0.15, -0.1) is 6.58 Å². The van der Waals surface area contributed by atoms with E-state index < -0.39 is 0 Å². The van der Waals surface area contributed by atoms with Crippen molar-refractivity contribution in [2.45, 2.75) is 25.4 Å². The number of rotatable bonds is 2. The van der Waals surface area contributed by atoms with E-state index in [2.05, 4.69) is 18.8 Å². The van der Waals surface area contributed by atoms with Crippen molar-refractivity contribution < 1.29 is 0 Å². The van der Waals surface area contributed by atoms with Gasteiger partial charge in [0.2, 0.25) is 0 Å². The van der Waals surface area contributed by atoms with Crippen LogP contribution in [-0.2, 0) is 0 Å². The van der Waals surface area contributed by atoms with Crippen molar-refractivity contribution in [1.29, 1.82) is 0 Å². The molecule has 0 bridgehead atoms. The SMILES string of the molecule is C=CC1NC1CC. The van der Waals surface area contributed by atoms with Gasteiger partial charge in [-0.05, 0) is 6.42 Å². The average molecular weight is 97.2 g/mol. The summed E-state index contributed by atoms with van der Waals surface area (Å²) in [5.74, 6) is 0. The van der Waals surface area contributed by atoms with Crippen molar-refractivity contribution in [3.05, 3.63) is 12.7 Å². The lowest BCUT2D eigenvalue weighted by molar-refractivity contribution is 0.883. The maximum atomic E-state index is 3.66. The molecule has 1 fully saturated rings. The molecule has 1 saturated heterocycles. The standard InChI is InChI=1S/C6H11N/c1-3-5-6(4-2)7-5/h3,5-7H,1,4H2,2H3. The van der Waals surface area contributed by atoms with Crippen molar-refractivity contribution in [2.75, 3.05) is 0 Å². The molecular formula is C6H11N. The molecular weight excluding hydrogens is 86.1 g/mol. The van der Waals surface area contributed by atoms with Crippen LogP contribution < -0.4 is 5.32 Å². The van der Waals surface area contributed by atoms with Crippen LogP contribution in [0.3, 0.4) is 0 Å². The van der Waals surface area contributed by atoms with Crippen LogP contribution in [0.1, 0.15) is 13.3 Å². The summed E-state index contributed by atoms with van der Waals surface area (Å²) in [6.07, 6.45) is 3.20. The molecule has 0 amide bonds. The smallest absolute Gasteiger partial charge is 0.0405 e. The number of hydrogen-bond acceptors (Lipinski definition) is 1. The van der Waals surface area contributed by atoms with Crippen LogP contribution in [0, 0.1) is 0 Å². The topological polar surface area (TPSA) is 21.9 Å². The van der Waals surface area contributed by atoms with Gasteiger partial charge < -0.3 is 5.32 Å². The first-order valence-corrected chi connectivity index (χ1v) is 2.77. The molecule has 2 atom stereocenters. The first-order chi connectivity index (χ1) is 3.38. The summed E-state index contributed by atoms with van der Waals surface area (Å²) < 4.78 is 0. The molecule has 40 valence electrons. The Morgan fingerprint density at radius 1 is 1.86 bits per heavy atom. The quantitative estimate of drug-likeness (QED) is 0.401. The van der Waals surface area contributed by atoms with E-state index in [1.54, 1.807) is 0 Å². The second-order valence-corrected chi connectivity index (χ2v) is 1.94. The van der Waals surface area contributed by atoms with Crippen LogP contribution in [-0.4, -0.2) is 12.1 Å². The molecule has 0 aliphatic carbocycles. The van der Waals surface area contributed by atoms with E-state index in [-0.39, 0.29) is 0 Å². The predicted molar refractivity (Wildman–Crippen MR) is 31.2 cm³/mol. The lowest BCUT2D eigenvalue weighted by Gasteiger charge is -1.77. The zero-order valence-corrected chi connectivity index (χ0v) is 4.65. The van der Waals surface area contributed by atoms with Crippen LogP contribution in [0.5, 0.6) is 0 Å². The molecule has 0 aromatic heterocycles. The summed E-state index contributed by atoms with van der Waals surface area (Å²) in [5.41, 5.74) is 0. The maximum absolute atomic E-state index is 3.66. The van der Waals surface area contributed by atoms with Crippen molar-refractivity contribution >= 4 is 0 Å². The third-order valence-corrected chi connectivity index (χ3v) is 1.42. The first-order valence-electron chi connectivity index (χ1n) is 2.77. The highest BCUT2D eigenvalue weighted by Gasteiger charge is 2.30. The van der Waals surface area contributed by atoms with Crippen LogP contribution in [0.25, 0.3) is 0 Å². The molecule has 1 heteroatoms. The normalized spacial score (nSPS) is 37.9. The summed E-state index contributed by atoms with van der Waals surface area (Å²) in [7, 11) is 0. The van der Waals surface area contributed by atoms with Crippen LogP contribution in [0.4, 0.5) is 0 Å². The van der Waals surface area contributed by atoms with Gasteiger partial charge in [0.05, 0.1) is 0 Å². The number of hydrogen-bond donors (Lipinski definition) is 1. The van der Waals surface area contributed by atoms with Gasteiger partial charge in [-0.1, -0.05) is 13.0 Å². The fraction of sp³-hybridized carbons (Fsp3) is 0.667. The molecule has 1 rings (SSSR count). The van der Waals surface area contributed by atoms with Gasteiger partial charge >= 0.3 is 0 Å². The largest absolute Gasteiger partial charge is 0.304 e. The maximum Gasteiger partial charge on any atom is 0.0405 e. The third-order valence-electron chi connectivity index (χ3n) is 1.42. The lowest BCUT2D eigenvalue weighted by Crippen LogP contribution is -1.84. The summed E-state index contributed by atoms with van der Waals surface area (Å²) >= 11 is 0. The Morgan fingerprint density at radius 3 is 2.71 bits per heavy atom. The molecule has 0 aromatic rings. The Kier molecular flexibility index (Phi) is 1.15. The Bertz CT molecular complexity index is 78.2. The lowest BCUT2D eigenvalue weighted by atomic mass is 10.3. The molecule has 0 saturated carbocycles. The Labute approximate surface area is 44.4 Å². The van der Waals surface area contributed by atoms with Gasteiger partial charge in [0.25, 0.3) is 0 Å². The van der Waals surface area contributed by atoms with E-state index in [0.717, 1.165) is 6.04 Å². The van der Waals surface area contributed by atoms with Crippen LogP contribution in [0.15, 0.2) is 12.7 Å². The average Bonchev–Trinajstić information content (AvgIpc) is 2.43. The first kappa shape index (κ1) is 4.85. The molecule has 1 aliphatic heterocycles. The number of nitrogens with one attached hydrogen (secondary N) is 1. The van der Waals surface area contributed by atoms with E-state index in [1.165, 1.54) is 6.42 Å². The summed E-state index contributed by atoms with van der Waals surface area (Å²) in [5, 5.41) is 3.25. The zero-order valence-electron chi connectivity index (χ0n) is 4.65. The van der Waals surface area contributed by atoms with Gasteiger partial charge in [0.15, 0.2) is 0 Å². The minimum atomic E-state index is 0.630. The van der Waals surface area contributed by atoms with Crippen molar-refractivity contribution in [3.63, 3.8) is 0 Å². The molecule has 0 spiro atoms. The molecule has 0 radical (unpaired) electrons. The van der Waals surface area contributed by atoms with E-state index in [9.17, 15) is 0 Å². The van der Waals surface area contributed by atoms with Gasteiger partial charge in [-0.3, -0.25) is 0 Å². The fourth-order valence-corrected chi connectivity index (χ4v) is 0.796. The highest BCUT2D eigenvalue weighted by atomic mass is 15.1. The highest BCUT2D eigenvalue weighted by molar-refractivity contribution is 5.07. The third kappa shape index (κ3) is 0.829. The molecule has 2 unspecified atom stereocenters. The summed E-state index contributed by atoms with van der Waals surface area (Å²) in [4.78, 5) is 0. The monoisotopic (exact) mass is 97.1 g/mol. The molecule has 7 heavy (non-hydrogen) atoms. The van der Waals surface area contributed by atoms with Crippen molar-refractivity contribution in [3.8, 4) is 0 Å². The Balaban J connectivity index is 2.17. The molecule has 1 aliphatic rings. The second-order valence-electron chi connectivity index (χ2n) is 1.94. The highest BCUT2D eigenvalue weighted by Crippen LogP contribution is 2.13. The van der Waals surface area contributed by atoms with E-state index in [1.807, 2.05) is 6.08 Å². The fourth-order valence-electron chi connectivity index (χ4n) is 0.796. The summed E-state index contributed by atoms with van der Waals surface area (Å²) in [6, 6.07) is 1.38. The minimum Gasteiger partial charge on any atom is -0.304 e. The molecule has 1 nitrogen and oxygen atoms in total. The minimum absolute atomic E-state index is 0.630. The van der Waals surface area contributed by atoms with Crippen LogP contribution >= 0.6 is 0 Å². The molecule has 1 N–H and O–H groups in total. The van der Waals surface area contributed by atoms with E-state index in [0.29, 0.717) is 6.04 Å². The second kappa shape index (κ2) is 1.66. The molecule has 0 aromatic carbocycles. The van der Waals surface area contributed by atoms with Gasteiger partial charge in [-0.25, -0.2) is 0 Å². The van der Waals surface area contributed by atoms with Crippen LogP contribution in [0.2, 0.25) is 0 Å². The van der Waals surface area contributed by atoms with Crippen molar-refractivity contribution in [1.82, 2.24) is 5.32 Å². The van der Waals surface area contributed by atoms with E-state index >= 15 is 0 Å². The van der Waals surface area contributed by atoms with Crippen molar-refractivity contribution in [2.24, 2.45) is 0 Å². The van der Waals surface area contributed by atoms with E-state index in [4.69, 9.17) is 0 Å². The van der Waals surface area contributed by atoms with Gasteiger partial charge in [-0.2, -0.15) is 0 Å². The zero-order chi connectivity index (χ0) is 5.28. The Hall–Kier alpha value is -0.300. The van der Waals surface area contributed by atoms with Gasteiger partial charge in [0, 0.05) is 12.1 Å². The van der Waals surface area contributed by atoms with Gasteiger partial charge in [0.1, 0.15) is 0 Å².